The highest BCUT2D eigenvalue weighted by Crippen LogP contribution is 2.22. The summed E-state index contributed by atoms with van der Waals surface area (Å²) in [5.74, 6) is 0. The third kappa shape index (κ3) is 4.12. The molecule has 0 aromatic rings. The van der Waals surface area contributed by atoms with E-state index in [2.05, 4.69) is 53.4 Å². The van der Waals surface area contributed by atoms with Crippen molar-refractivity contribution in [3.8, 4) is 0 Å². The summed E-state index contributed by atoms with van der Waals surface area (Å²) in [7, 11) is 0. The van der Waals surface area contributed by atoms with Crippen LogP contribution in [0.2, 0.25) is 0 Å². The second kappa shape index (κ2) is 4.99. The predicted octanol–water partition coefficient (Wildman–Crippen LogP) is 3.68. The van der Waals surface area contributed by atoms with E-state index < -0.39 is 0 Å². The first-order valence-corrected chi connectivity index (χ1v) is 5.59. The lowest BCUT2D eigenvalue weighted by molar-refractivity contribution is 0.0517. The smallest absolute Gasteiger partial charge is 0.0130 e. The van der Waals surface area contributed by atoms with Crippen LogP contribution in [-0.4, -0.2) is 22.5 Å². The molecule has 0 saturated heterocycles. The largest absolute Gasteiger partial charge is 0.293 e. The fourth-order valence-electron chi connectivity index (χ4n) is 2.50. The van der Waals surface area contributed by atoms with Gasteiger partial charge in [0.15, 0.2) is 0 Å². The zero-order valence-electron chi connectivity index (χ0n) is 10.5. The monoisotopic (exact) mass is 185 g/mol. The molecule has 0 bridgehead atoms. The van der Waals surface area contributed by atoms with Gasteiger partial charge in [-0.2, -0.15) is 0 Å². The summed E-state index contributed by atoms with van der Waals surface area (Å²) in [5.41, 5.74) is 0.294. The average molecular weight is 185 g/mol. The van der Waals surface area contributed by atoms with Crippen molar-refractivity contribution in [2.24, 2.45) is 0 Å². The van der Waals surface area contributed by atoms with Gasteiger partial charge in [-0.25, -0.2) is 0 Å². The topological polar surface area (TPSA) is 3.24 Å². The molecular weight excluding hydrogens is 158 g/mol. The van der Waals surface area contributed by atoms with Gasteiger partial charge in [0.25, 0.3) is 0 Å². The standard InChI is InChI=1S/C12H27N/c1-8-9-11(4)13(10(2)3)12(5,6)7/h10-11H,8-9H2,1-7H3. The van der Waals surface area contributed by atoms with Gasteiger partial charge in [-0.15, -0.1) is 0 Å². The summed E-state index contributed by atoms with van der Waals surface area (Å²) in [6, 6.07) is 1.34. The van der Waals surface area contributed by atoms with E-state index in [0.29, 0.717) is 17.6 Å². The zero-order valence-corrected chi connectivity index (χ0v) is 10.5. The first-order chi connectivity index (χ1) is 5.80. The van der Waals surface area contributed by atoms with Gasteiger partial charge in [0.2, 0.25) is 0 Å². The molecule has 0 aliphatic heterocycles. The molecule has 0 saturated carbocycles. The third-order valence-corrected chi connectivity index (χ3v) is 2.51. The minimum absolute atomic E-state index is 0.294. The Morgan fingerprint density at radius 1 is 1.08 bits per heavy atom. The van der Waals surface area contributed by atoms with Crippen LogP contribution in [0, 0.1) is 0 Å². The maximum atomic E-state index is 2.61. The molecule has 0 aromatic heterocycles. The molecule has 13 heavy (non-hydrogen) atoms. The summed E-state index contributed by atoms with van der Waals surface area (Å²) in [6.45, 7) is 16.1. The van der Waals surface area contributed by atoms with E-state index in [1.165, 1.54) is 12.8 Å². The Hall–Kier alpha value is -0.0400. The van der Waals surface area contributed by atoms with Crippen LogP contribution in [0.4, 0.5) is 0 Å². The molecule has 0 aliphatic carbocycles. The molecule has 0 spiro atoms. The Kier molecular flexibility index (Phi) is 4.98. The van der Waals surface area contributed by atoms with Crippen molar-refractivity contribution in [3.05, 3.63) is 0 Å². The lowest BCUT2D eigenvalue weighted by Gasteiger charge is -2.43. The second-order valence-corrected chi connectivity index (χ2v) is 5.31. The zero-order chi connectivity index (χ0) is 10.6. The van der Waals surface area contributed by atoms with Gasteiger partial charge in [-0.3, -0.25) is 4.90 Å². The van der Waals surface area contributed by atoms with E-state index in [0.717, 1.165) is 0 Å². The van der Waals surface area contributed by atoms with E-state index in [-0.39, 0.29) is 0 Å². The predicted molar refractivity (Wildman–Crippen MR) is 61.1 cm³/mol. The number of hydrogen-bond acceptors (Lipinski definition) is 1. The molecule has 0 rings (SSSR count). The van der Waals surface area contributed by atoms with Crippen LogP contribution in [0.1, 0.15) is 61.3 Å². The Balaban J connectivity index is 4.42. The Morgan fingerprint density at radius 3 is 1.77 bits per heavy atom. The van der Waals surface area contributed by atoms with Crippen molar-refractivity contribution >= 4 is 0 Å². The molecule has 80 valence electrons. The van der Waals surface area contributed by atoms with Crippen molar-refractivity contribution in [1.29, 1.82) is 0 Å². The van der Waals surface area contributed by atoms with Crippen LogP contribution in [0.15, 0.2) is 0 Å². The molecule has 1 heteroatoms. The molecule has 0 aromatic carbocycles. The van der Waals surface area contributed by atoms with Gasteiger partial charge in [-0.05, 0) is 48.0 Å². The van der Waals surface area contributed by atoms with Crippen LogP contribution >= 0.6 is 0 Å². The Bertz CT molecular complexity index is 133. The van der Waals surface area contributed by atoms with Crippen molar-refractivity contribution in [1.82, 2.24) is 4.90 Å². The van der Waals surface area contributed by atoms with Crippen LogP contribution in [0.3, 0.4) is 0 Å². The summed E-state index contributed by atoms with van der Waals surface area (Å²) < 4.78 is 0. The van der Waals surface area contributed by atoms with Gasteiger partial charge in [-0.1, -0.05) is 13.3 Å². The highest BCUT2D eigenvalue weighted by atomic mass is 15.2. The van der Waals surface area contributed by atoms with Crippen molar-refractivity contribution in [2.45, 2.75) is 78.9 Å². The van der Waals surface area contributed by atoms with Gasteiger partial charge in [0, 0.05) is 17.6 Å². The quantitative estimate of drug-likeness (QED) is 0.646. The van der Waals surface area contributed by atoms with E-state index >= 15 is 0 Å². The van der Waals surface area contributed by atoms with Crippen LogP contribution < -0.4 is 0 Å². The lowest BCUT2D eigenvalue weighted by Crippen LogP contribution is -2.50. The maximum Gasteiger partial charge on any atom is 0.0130 e. The van der Waals surface area contributed by atoms with Gasteiger partial charge < -0.3 is 0 Å². The normalized spacial score (nSPS) is 15.5. The number of nitrogens with zero attached hydrogens (tertiary/aromatic N) is 1. The molecule has 1 atom stereocenters. The van der Waals surface area contributed by atoms with E-state index in [4.69, 9.17) is 0 Å². The van der Waals surface area contributed by atoms with Crippen LogP contribution in [-0.2, 0) is 0 Å². The lowest BCUT2D eigenvalue weighted by atomic mass is 9.98. The summed E-state index contributed by atoms with van der Waals surface area (Å²) in [5, 5.41) is 0. The molecule has 0 N–H and O–H groups in total. The molecule has 0 fully saturated rings. The van der Waals surface area contributed by atoms with Crippen LogP contribution in [0.5, 0.6) is 0 Å². The maximum absolute atomic E-state index is 2.61. The fourth-order valence-corrected chi connectivity index (χ4v) is 2.50. The SMILES string of the molecule is CCCC(C)N(C(C)C)C(C)(C)C. The minimum Gasteiger partial charge on any atom is -0.293 e. The summed E-state index contributed by atoms with van der Waals surface area (Å²) >= 11 is 0. The highest BCUT2D eigenvalue weighted by molar-refractivity contribution is 4.83. The molecule has 0 aliphatic rings. The van der Waals surface area contributed by atoms with E-state index in [1.54, 1.807) is 0 Å². The fraction of sp³-hybridized carbons (Fsp3) is 1.00. The number of hydrogen-bond donors (Lipinski definition) is 0. The molecule has 1 unspecified atom stereocenters. The molecule has 0 amide bonds. The molecule has 1 nitrogen and oxygen atoms in total. The van der Waals surface area contributed by atoms with Crippen molar-refractivity contribution in [2.75, 3.05) is 0 Å². The Labute approximate surface area is 84.5 Å². The minimum atomic E-state index is 0.294. The summed E-state index contributed by atoms with van der Waals surface area (Å²) in [4.78, 5) is 2.61. The Morgan fingerprint density at radius 2 is 1.54 bits per heavy atom. The average Bonchev–Trinajstić information content (AvgIpc) is 1.82. The first kappa shape index (κ1) is 13.0. The second-order valence-electron chi connectivity index (χ2n) is 5.31. The highest BCUT2D eigenvalue weighted by Gasteiger charge is 2.27. The van der Waals surface area contributed by atoms with Gasteiger partial charge in [0.1, 0.15) is 0 Å². The molecular formula is C12H27N. The van der Waals surface area contributed by atoms with Crippen LogP contribution in [0.25, 0.3) is 0 Å². The van der Waals surface area contributed by atoms with E-state index in [9.17, 15) is 0 Å². The van der Waals surface area contributed by atoms with E-state index in [1.807, 2.05) is 0 Å². The molecule has 0 heterocycles. The first-order valence-electron chi connectivity index (χ1n) is 5.59. The van der Waals surface area contributed by atoms with Gasteiger partial charge in [0.05, 0.1) is 0 Å². The van der Waals surface area contributed by atoms with Crippen molar-refractivity contribution < 1.29 is 0 Å². The van der Waals surface area contributed by atoms with Gasteiger partial charge >= 0.3 is 0 Å². The summed E-state index contributed by atoms with van der Waals surface area (Å²) in [6.07, 6.45) is 2.58. The van der Waals surface area contributed by atoms with Crippen molar-refractivity contribution in [3.63, 3.8) is 0 Å². The third-order valence-electron chi connectivity index (χ3n) is 2.51. The number of rotatable bonds is 4. The molecule has 0 radical (unpaired) electrons.